The van der Waals surface area contributed by atoms with E-state index < -0.39 is 17.6 Å². The van der Waals surface area contributed by atoms with Crippen LogP contribution >= 0.6 is 0 Å². The maximum absolute atomic E-state index is 13.7. The number of hydrogen-bond acceptors (Lipinski definition) is 5. The molecule has 2 heterocycles. The van der Waals surface area contributed by atoms with Crippen molar-refractivity contribution in [1.82, 2.24) is 14.7 Å². The molecule has 0 radical (unpaired) electrons. The number of carbonyl (C=O) groups is 2. The number of alkyl halides is 3. The zero-order valence-corrected chi connectivity index (χ0v) is 23.0. The Morgan fingerprint density at radius 1 is 0.829 bits per heavy atom. The molecule has 5 rings (SSSR count). The second-order valence-corrected chi connectivity index (χ2v) is 10.3. The second-order valence-electron chi connectivity index (χ2n) is 10.3. The Hall–Kier alpha value is -4.05. The number of rotatable bonds is 6. The van der Waals surface area contributed by atoms with Crippen LogP contribution in [0.5, 0.6) is 11.5 Å². The van der Waals surface area contributed by atoms with Crippen LogP contribution in [0.4, 0.5) is 13.2 Å². The van der Waals surface area contributed by atoms with E-state index in [9.17, 15) is 22.8 Å². The molecule has 41 heavy (non-hydrogen) atoms. The van der Waals surface area contributed by atoms with E-state index in [1.165, 1.54) is 23.1 Å². The van der Waals surface area contributed by atoms with Crippen LogP contribution in [0.25, 0.3) is 0 Å². The Morgan fingerprint density at radius 3 is 2.07 bits per heavy atom. The first-order valence-electron chi connectivity index (χ1n) is 13.5. The fourth-order valence-electron chi connectivity index (χ4n) is 5.48. The molecule has 0 saturated carbocycles. The lowest BCUT2D eigenvalue weighted by Crippen LogP contribution is -2.63. The summed E-state index contributed by atoms with van der Waals surface area (Å²) >= 11 is 0. The normalized spacial score (nSPS) is 17.6. The van der Waals surface area contributed by atoms with Gasteiger partial charge in [0.05, 0.1) is 18.2 Å². The molecule has 216 valence electrons. The Bertz CT molecular complexity index is 1410. The van der Waals surface area contributed by atoms with Crippen LogP contribution in [0.3, 0.4) is 0 Å². The van der Waals surface area contributed by atoms with Gasteiger partial charge in [-0.2, -0.15) is 13.2 Å². The highest BCUT2D eigenvalue weighted by Gasteiger charge is 2.39. The number of piperazine rings is 2. The van der Waals surface area contributed by atoms with Gasteiger partial charge < -0.3 is 19.3 Å². The molecule has 1 atom stereocenters. The highest BCUT2D eigenvalue weighted by molar-refractivity contribution is 5.97. The van der Waals surface area contributed by atoms with Crippen molar-refractivity contribution < 1.29 is 32.2 Å². The van der Waals surface area contributed by atoms with Crippen molar-refractivity contribution >= 4 is 11.8 Å². The summed E-state index contributed by atoms with van der Waals surface area (Å²) in [7, 11) is 1.55. The van der Waals surface area contributed by atoms with Gasteiger partial charge in [-0.1, -0.05) is 42.5 Å². The maximum Gasteiger partial charge on any atom is 0.417 e. The Balaban J connectivity index is 1.30. The molecule has 0 bridgehead atoms. The average molecular weight is 568 g/mol. The van der Waals surface area contributed by atoms with Crippen molar-refractivity contribution in [3.8, 4) is 11.5 Å². The van der Waals surface area contributed by atoms with Crippen LogP contribution in [0.1, 0.15) is 37.4 Å². The molecule has 0 aliphatic carbocycles. The van der Waals surface area contributed by atoms with Crippen molar-refractivity contribution in [1.29, 1.82) is 0 Å². The van der Waals surface area contributed by atoms with Crippen molar-refractivity contribution in [2.45, 2.75) is 25.7 Å². The van der Waals surface area contributed by atoms with Gasteiger partial charge in [-0.25, -0.2) is 0 Å². The number of carbonyl (C=O) groups excluding carboxylic acids is 2. The number of hydrogen-bond donors (Lipinski definition) is 0. The van der Waals surface area contributed by atoms with Gasteiger partial charge >= 0.3 is 6.18 Å². The highest BCUT2D eigenvalue weighted by atomic mass is 19.4. The molecule has 7 nitrogen and oxygen atoms in total. The van der Waals surface area contributed by atoms with Crippen LogP contribution in [0, 0.1) is 6.92 Å². The van der Waals surface area contributed by atoms with Crippen molar-refractivity contribution in [2.75, 3.05) is 46.4 Å². The minimum absolute atomic E-state index is 0.166. The monoisotopic (exact) mass is 567 g/mol. The van der Waals surface area contributed by atoms with Gasteiger partial charge in [-0.15, -0.1) is 0 Å². The summed E-state index contributed by atoms with van der Waals surface area (Å²) < 4.78 is 52.2. The maximum atomic E-state index is 13.7. The van der Waals surface area contributed by atoms with E-state index >= 15 is 0 Å². The molecule has 1 unspecified atom stereocenters. The molecular weight excluding hydrogens is 535 g/mol. The van der Waals surface area contributed by atoms with E-state index in [0.29, 0.717) is 56.4 Å². The molecule has 2 aliphatic rings. The Kier molecular flexibility index (Phi) is 8.21. The third-order valence-electron chi connectivity index (χ3n) is 7.71. The minimum Gasteiger partial charge on any atom is -0.493 e. The van der Waals surface area contributed by atoms with Gasteiger partial charge in [0.15, 0.2) is 11.5 Å². The third-order valence-corrected chi connectivity index (χ3v) is 7.71. The summed E-state index contributed by atoms with van der Waals surface area (Å²) in [4.78, 5) is 32.3. The van der Waals surface area contributed by atoms with Crippen LogP contribution in [0.2, 0.25) is 0 Å². The topological polar surface area (TPSA) is 62.3 Å². The van der Waals surface area contributed by atoms with Crippen LogP contribution in [-0.4, -0.2) is 78.9 Å². The molecule has 3 aromatic rings. The summed E-state index contributed by atoms with van der Waals surface area (Å²) in [6.45, 7) is 4.73. The zero-order valence-electron chi connectivity index (χ0n) is 23.0. The summed E-state index contributed by atoms with van der Waals surface area (Å²) in [5.41, 5.74) is 0.923. The van der Waals surface area contributed by atoms with E-state index in [1.54, 1.807) is 24.1 Å². The van der Waals surface area contributed by atoms with Crippen molar-refractivity contribution in [3.63, 3.8) is 0 Å². The number of ether oxygens (including phenoxy) is 2. The smallest absolute Gasteiger partial charge is 0.417 e. The quantitative estimate of drug-likeness (QED) is 0.425. The number of aryl methyl sites for hydroxylation is 1. The first kappa shape index (κ1) is 28.5. The minimum atomic E-state index is -4.62. The van der Waals surface area contributed by atoms with Crippen LogP contribution in [-0.2, 0) is 12.8 Å². The molecule has 2 fully saturated rings. The average Bonchev–Trinajstić information content (AvgIpc) is 2.99. The molecular formula is C31H32F3N3O4. The lowest BCUT2D eigenvalue weighted by molar-refractivity contribution is -0.138. The zero-order chi connectivity index (χ0) is 29.1. The van der Waals surface area contributed by atoms with Gasteiger partial charge in [0.1, 0.15) is 6.61 Å². The fraction of sp³-hybridized carbons (Fsp3) is 0.355. The number of fused-ring (bicyclic) bond motifs is 1. The largest absolute Gasteiger partial charge is 0.493 e. The second kappa shape index (κ2) is 11.8. The third kappa shape index (κ3) is 6.17. The Morgan fingerprint density at radius 2 is 1.44 bits per heavy atom. The molecule has 0 spiro atoms. The standard InChI is InChI=1S/C31H32F3N3O4/c1-21-16-27(40-2)28(41-20-22-8-4-3-5-9-22)17-25(21)30(39)37-15-13-35-12-14-36(18-23(35)19-37)29(38)24-10-6-7-11-26(24)31(32,33)34/h3-11,16-17,23H,12-15,18-20H2,1-2H3. The van der Waals surface area contributed by atoms with E-state index in [2.05, 4.69) is 4.90 Å². The van der Waals surface area contributed by atoms with E-state index in [-0.39, 0.29) is 24.1 Å². The molecule has 3 aromatic carbocycles. The molecule has 0 N–H and O–H groups in total. The molecule has 10 heteroatoms. The van der Waals surface area contributed by atoms with Crippen molar-refractivity contribution in [2.24, 2.45) is 0 Å². The lowest BCUT2D eigenvalue weighted by atomic mass is 10.0. The summed E-state index contributed by atoms with van der Waals surface area (Å²) in [5.74, 6) is 0.176. The summed E-state index contributed by atoms with van der Waals surface area (Å²) in [6.07, 6.45) is -4.62. The number of benzene rings is 3. The van der Waals surface area contributed by atoms with Gasteiger partial charge in [-0.05, 0) is 42.3 Å². The fourth-order valence-corrected chi connectivity index (χ4v) is 5.48. The lowest BCUT2D eigenvalue weighted by Gasteiger charge is -2.47. The number of amides is 2. The van der Waals surface area contributed by atoms with E-state index in [1.807, 2.05) is 37.3 Å². The number of halogens is 3. The predicted octanol–water partition coefficient (Wildman–Crippen LogP) is 4.88. The highest BCUT2D eigenvalue weighted by Crippen LogP contribution is 2.34. The van der Waals surface area contributed by atoms with E-state index in [4.69, 9.17) is 9.47 Å². The molecule has 2 amide bonds. The van der Waals surface area contributed by atoms with Gasteiger partial charge in [0.2, 0.25) is 0 Å². The molecule has 0 aromatic heterocycles. The van der Waals surface area contributed by atoms with Crippen molar-refractivity contribution in [3.05, 3.63) is 94.5 Å². The summed E-state index contributed by atoms with van der Waals surface area (Å²) in [6, 6.07) is 17.8. The summed E-state index contributed by atoms with van der Waals surface area (Å²) in [5, 5.41) is 0. The van der Waals surface area contributed by atoms with Gasteiger partial charge in [0.25, 0.3) is 11.8 Å². The van der Waals surface area contributed by atoms with Gasteiger partial charge in [-0.3, -0.25) is 14.5 Å². The first-order valence-corrected chi connectivity index (χ1v) is 13.5. The predicted molar refractivity (Wildman–Crippen MR) is 147 cm³/mol. The molecule has 2 aliphatic heterocycles. The Labute approximate surface area is 237 Å². The van der Waals surface area contributed by atoms with Gasteiger partial charge in [0, 0.05) is 50.9 Å². The molecule has 2 saturated heterocycles. The van der Waals surface area contributed by atoms with E-state index in [0.717, 1.165) is 17.2 Å². The van der Waals surface area contributed by atoms with Crippen LogP contribution in [0.15, 0.2) is 66.7 Å². The first-order chi connectivity index (χ1) is 19.7. The number of nitrogens with zero attached hydrogens (tertiary/aromatic N) is 3. The SMILES string of the molecule is COc1cc(C)c(C(=O)N2CCN3CCN(C(=O)c4ccccc4C(F)(F)F)CC3C2)cc1OCc1ccccc1. The number of methoxy groups -OCH3 is 1. The van der Waals surface area contributed by atoms with Crippen LogP contribution < -0.4 is 9.47 Å².